The SMILES string of the molecule is Cc1ccc(-n2c(Cl)nnc2-c2ccccc2)c(F)c1. The van der Waals surface area contributed by atoms with Crippen LogP contribution in [-0.2, 0) is 0 Å². The predicted octanol–water partition coefficient (Wildman–Crippen LogP) is 4.04. The molecule has 2 aromatic carbocycles. The summed E-state index contributed by atoms with van der Waals surface area (Å²) >= 11 is 6.06. The van der Waals surface area contributed by atoms with Gasteiger partial charge >= 0.3 is 0 Å². The molecule has 3 nitrogen and oxygen atoms in total. The summed E-state index contributed by atoms with van der Waals surface area (Å²) in [5, 5.41) is 8.02. The van der Waals surface area contributed by atoms with E-state index in [1.54, 1.807) is 6.07 Å². The third-order valence-electron chi connectivity index (χ3n) is 3.00. The van der Waals surface area contributed by atoms with Crippen molar-refractivity contribution >= 4 is 11.6 Å². The first-order valence-electron chi connectivity index (χ1n) is 6.09. The van der Waals surface area contributed by atoms with E-state index in [1.807, 2.05) is 43.3 Å². The minimum absolute atomic E-state index is 0.131. The van der Waals surface area contributed by atoms with E-state index in [9.17, 15) is 4.39 Å². The summed E-state index contributed by atoms with van der Waals surface area (Å²) in [6.07, 6.45) is 0. The van der Waals surface area contributed by atoms with Crippen LogP contribution in [0.4, 0.5) is 4.39 Å². The number of hydrogen-bond acceptors (Lipinski definition) is 2. The lowest BCUT2D eigenvalue weighted by Gasteiger charge is -2.09. The van der Waals surface area contributed by atoms with Crippen molar-refractivity contribution in [3.05, 3.63) is 65.2 Å². The van der Waals surface area contributed by atoms with Crippen LogP contribution in [0, 0.1) is 12.7 Å². The fraction of sp³-hybridized carbons (Fsp3) is 0.0667. The number of benzene rings is 2. The summed E-state index contributed by atoms with van der Waals surface area (Å²) < 4.78 is 15.7. The molecular formula is C15H11ClFN3. The van der Waals surface area contributed by atoms with Gasteiger partial charge in [-0.05, 0) is 36.2 Å². The third kappa shape index (κ3) is 2.18. The Morgan fingerprint density at radius 3 is 2.50 bits per heavy atom. The Morgan fingerprint density at radius 2 is 1.80 bits per heavy atom. The second-order valence-corrected chi connectivity index (χ2v) is 4.79. The van der Waals surface area contributed by atoms with E-state index in [0.717, 1.165) is 11.1 Å². The average molecular weight is 288 g/mol. The van der Waals surface area contributed by atoms with Crippen molar-refractivity contribution in [1.82, 2.24) is 14.8 Å². The maximum atomic E-state index is 14.2. The first-order valence-corrected chi connectivity index (χ1v) is 6.47. The van der Waals surface area contributed by atoms with Crippen molar-refractivity contribution < 1.29 is 4.39 Å². The molecule has 0 unspecified atom stereocenters. The van der Waals surface area contributed by atoms with Gasteiger partial charge in [-0.1, -0.05) is 36.4 Å². The van der Waals surface area contributed by atoms with Gasteiger partial charge in [-0.3, -0.25) is 4.57 Å². The first-order chi connectivity index (χ1) is 9.66. The molecule has 0 saturated carbocycles. The van der Waals surface area contributed by atoms with Crippen LogP contribution >= 0.6 is 11.6 Å². The highest BCUT2D eigenvalue weighted by Gasteiger charge is 2.16. The fourth-order valence-electron chi connectivity index (χ4n) is 2.05. The molecule has 0 radical (unpaired) electrons. The van der Waals surface area contributed by atoms with Crippen LogP contribution in [0.15, 0.2) is 48.5 Å². The molecule has 0 spiro atoms. The first kappa shape index (κ1) is 12.8. The van der Waals surface area contributed by atoms with Gasteiger partial charge in [0.1, 0.15) is 5.82 Å². The van der Waals surface area contributed by atoms with Gasteiger partial charge < -0.3 is 0 Å². The topological polar surface area (TPSA) is 30.7 Å². The molecule has 20 heavy (non-hydrogen) atoms. The second kappa shape index (κ2) is 5.06. The Bertz CT molecular complexity index is 753. The van der Waals surface area contributed by atoms with Gasteiger partial charge in [0.25, 0.3) is 0 Å². The van der Waals surface area contributed by atoms with Gasteiger partial charge in [0.15, 0.2) is 5.82 Å². The lowest BCUT2D eigenvalue weighted by atomic mass is 10.2. The average Bonchev–Trinajstić information content (AvgIpc) is 2.82. The lowest BCUT2D eigenvalue weighted by Crippen LogP contribution is -2.01. The number of nitrogens with zero attached hydrogens (tertiary/aromatic N) is 3. The molecule has 3 rings (SSSR count). The van der Waals surface area contributed by atoms with Gasteiger partial charge in [0.2, 0.25) is 5.28 Å². The molecule has 5 heteroatoms. The van der Waals surface area contributed by atoms with Crippen molar-refractivity contribution in [1.29, 1.82) is 0 Å². The Balaban J connectivity index is 2.22. The fourth-order valence-corrected chi connectivity index (χ4v) is 2.26. The third-order valence-corrected chi connectivity index (χ3v) is 3.24. The Labute approximate surface area is 120 Å². The highest BCUT2D eigenvalue weighted by Crippen LogP contribution is 2.26. The molecular weight excluding hydrogens is 277 g/mol. The van der Waals surface area contributed by atoms with Gasteiger partial charge in [-0.2, -0.15) is 0 Å². The largest absolute Gasteiger partial charge is 0.263 e. The van der Waals surface area contributed by atoms with Gasteiger partial charge in [-0.25, -0.2) is 4.39 Å². The molecule has 0 aliphatic rings. The van der Waals surface area contributed by atoms with E-state index in [-0.39, 0.29) is 11.1 Å². The smallest absolute Gasteiger partial charge is 0.230 e. The van der Waals surface area contributed by atoms with E-state index in [4.69, 9.17) is 11.6 Å². The van der Waals surface area contributed by atoms with E-state index in [0.29, 0.717) is 11.5 Å². The number of aromatic nitrogens is 3. The molecule has 1 heterocycles. The van der Waals surface area contributed by atoms with Crippen LogP contribution in [0.2, 0.25) is 5.28 Å². The van der Waals surface area contributed by atoms with Crippen molar-refractivity contribution in [2.24, 2.45) is 0 Å². The normalized spacial score (nSPS) is 10.8. The Hall–Kier alpha value is -2.20. The van der Waals surface area contributed by atoms with E-state index < -0.39 is 0 Å². The van der Waals surface area contributed by atoms with Crippen LogP contribution in [0.25, 0.3) is 17.1 Å². The molecule has 0 aliphatic heterocycles. The molecule has 0 saturated heterocycles. The maximum absolute atomic E-state index is 14.2. The Kier molecular flexibility index (Phi) is 3.24. The number of aryl methyl sites for hydroxylation is 1. The van der Waals surface area contributed by atoms with Crippen molar-refractivity contribution in [3.8, 4) is 17.1 Å². The van der Waals surface area contributed by atoms with E-state index >= 15 is 0 Å². The molecule has 1 aromatic heterocycles. The lowest BCUT2D eigenvalue weighted by molar-refractivity contribution is 0.617. The molecule has 0 aliphatic carbocycles. The molecule has 3 aromatic rings. The van der Waals surface area contributed by atoms with Gasteiger partial charge in [0.05, 0.1) is 5.69 Å². The summed E-state index contributed by atoms with van der Waals surface area (Å²) in [7, 11) is 0. The zero-order valence-corrected chi connectivity index (χ0v) is 11.5. The molecule has 0 amide bonds. The van der Waals surface area contributed by atoms with E-state index in [2.05, 4.69) is 10.2 Å². The molecule has 0 bridgehead atoms. The van der Waals surface area contributed by atoms with Gasteiger partial charge in [-0.15, -0.1) is 10.2 Å². The van der Waals surface area contributed by atoms with Crippen LogP contribution < -0.4 is 0 Å². The summed E-state index contributed by atoms with van der Waals surface area (Å²) in [4.78, 5) is 0. The summed E-state index contributed by atoms with van der Waals surface area (Å²) in [5.74, 6) is 0.155. The minimum atomic E-state index is -0.358. The van der Waals surface area contributed by atoms with Crippen LogP contribution in [0.1, 0.15) is 5.56 Å². The van der Waals surface area contributed by atoms with Crippen molar-refractivity contribution in [2.45, 2.75) is 6.92 Å². The zero-order valence-electron chi connectivity index (χ0n) is 10.7. The minimum Gasteiger partial charge on any atom is -0.263 e. The van der Waals surface area contributed by atoms with Crippen molar-refractivity contribution in [2.75, 3.05) is 0 Å². The maximum Gasteiger partial charge on any atom is 0.230 e. The molecule has 0 fully saturated rings. The number of rotatable bonds is 2. The van der Waals surface area contributed by atoms with Crippen LogP contribution in [0.5, 0.6) is 0 Å². The number of halogens is 2. The van der Waals surface area contributed by atoms with Crippen LogP contribution in [0.3, 0.4) is 0 Å². The predicted molar refractivity (Wildman–Crippen MR) is 76.5 cm³/mol. The summed E-state index contributed by atoms with van der Waals surface area (Å²) in [6, 6.07) is 14.4. The Morgan fingerprint density at radius 1 is 1.05 bits per heavy atom. The summed E-state index contributed by atoms with van der Waals surface area (Å²) in [5.41, 5.74) is 2.01. The monoisotopic (exact) mass is 287 g/mol. The zero-order chi connectivity index (χ0) is 14.1. The van der Waals surface area contributed by atoms with Crippen LogP contribution in [-0.4, -0.2) is 14.8 Å². The highest BCUT2D eigenvalue weighted by molar-refractivity contribution is 6.28. The second-order valence-electron chi connectivity index (χ2n) is 4.45. The standard InChI is InChI=1S/C15H11ClFN3/c1-10-7-8-13(12(17)9-10)20-14(18-19-15(20)16)11-5-3-2-4-6-11/h2-9H,1H3. The molecule has 100 valence electrons. The summed E-state index contributed by atoms with van der Waals surface area (Å²) in [6.45, 7) is 1.83. The van der Waals surface area contributed by atoms with Crippen molar-refractivity contribution in [3.63, 3.8) is 0 Å². The quantitative estimate of drug-likeness (QED) is 0.712. The molecule has 0 N–H and O–H groups in total. The highest BCUT2D eigenvalue weighted by atomic mass is 35.5. The van der Waals surface area contributed by atoms with Gasteiger partial charge in [0, 0.05) is 5.56 Å². The molecule has 0 atom stereocenters. The number of hydrogen-bond donors (Lipinski definition) is 0. The van der Waals surface area contributed by atoms with E-state index in [1.165, 1.54) is 10.6 Å².